The van der Waals surface area contributed by atoms with Crippen LogP contribution in [0.1, 0.15) is 31.2 Å². The number of nitrogens with zero attached hydrogens (tertiary/aromatic N) is 1. The standard InChI is InChI=1S/C16H24N2O2/c1-4-20-14-7-5-6-12(10-14)13-8-9-17-15(11-13)16(19)18(2)3/h5-7,10,13,15,17H,4,8-9,11H2,1-3H3. The Labute approximate surface area is 121 Å². The number of piperidine rings is 1. The van der Waals surface area contributed by atoms with Crippen LogP contribution in [-0.4, -0.2) is 44.1 Å². The number of hydrogen-bond donors (Lipinski definition) is 1. The Morgan fingerprint density at radius 3 is 2.95 bits per heavy atom. The quantitative estimate of drug-likeness (QED) is 0.914. The van der Waals surface area contributed by atoms with Gasteiger partial charge in [-0.15, -0.1) is 0 Å². The molecule has 1 aromatic rings. The molecule has 1 aliphatic rings. The van der Waals surface area contributed by atoms with Gasteiger partial charge in [-0.3, -0.25) is 4.79 Å². The molecule has 0 spiro atoms. The van der Waals surface area contributed by atoms with E-state index in [1.807, 2.05) is 33.2 Å². The van der Waals surface area contributed by atoms with Crippen molar-refractivity contribution in [2.45, 2.75) is 31.7 Å². The predicted octanol–water partition coefficient (Wildman–Crippen LogP) is 2.01. The topological polar surface area (TPSA) is 41.6 Å². The molecule has 1 aliphatic heterocycles. The zero-order valence-corrected chi connectivity index (χ0v) is 12.6. The van der Waals surface area contributed by atoms with Crippen LogP contribution in [0.5, 0.6) is 5.75 Å². The molecule has 0 bridgehead atoms. The first kappa shape index (κ1) is 14.9. The first-order valence-electron chi connectivity index (χ1n) is 7.29. The van der Waals surface area contributed by atoms with Crippen LogP contribution in [0.4, 0.5) is 0 Å². The lowest BCUT2D eigenvalue weighted by atomic mass is 9.86. The molecule has 2 atom stereocenters. The van der Waals surface area contributed by atoms with Gasteiger partial charge < -0.3 is 15.0 Å². The number of ether oxygens (including phenoxy) is 1. The monoisotopic (exact) mass is 276 g/mol. The van der Waals surface area contributed by atoms with Crippen LogP contribution in [0.3, 0.4) is 0 Å². The van der Waals surface area contributed by atoms with Gasteiger partial charge in [-0.25, -0.2) is 0 Å². The molecule has 0 saturated carbocycles. The number of likely N-dealkylation sites (N-methyl/N-ethyl adjacent to an activating group) is 1. The van der Waals surface area contributed by atoms with E-state index in [-0.39, 0.29) is 11.9 Å². The van der Waals surface area contributed by atoms with E-state index in [4.69, 9.17) is 4.74 Å². The van der Waals surface area contributed by atoms with E-state index < -0.39 is 0 Å². The molecule has 110 valence electrons. The van der Waals surface area contributed by atoms with Crippen LogP contribution >= 0.6 is 0 Å². The largest absolute Gasteiger partial charge is 0.494 e. The maximum atomic E-state index is 12.1. The van der Waals surface area contributed by atoms with E-state index >= 15 is 0 Å². The molecule has 1 saturated heterocycles. The van der Waals surface area contributed by atoms with E-state index in [1.165, 1.54) is 5.56 Å². The normalized spacial score (nSPS) is 22.4. The highest BCUT2D eigenvalue weighted by molar-refractivity contribution is 5.81. The fraction of sp³-hybridized carbons (Fsp3) is 0.562. The highest BCUT2D eigenvalue weighted by Crippen LogP contribution is 2.30. The minimum absolute atomic E-state index is 0.0699. The second-order valence-electron chi connectivity index (χ2n) is 5.47. The van der Waals surface area contributed by atoms with Gasteiger partial charge in [0.05, 0.1) is 12.6 Å². The molecule has 1 fully saturated rings. The Hall–Kier alpha value is -1.55. The summed E-state index contributed by atoms with van der Waals surface area (Å²) in [5, 5.41) is 3.32. The third kappa shape index (κ3) is 3.51. The van der Waals surface area contributed by atoms with Crippen LogP contribution in [-0.2, 0) is 4.79 Å². The highest BCUT2D eigenvalue weighted by Gasteiger charge is 2.28. The Morgan fingerprint density at radius 1 is 1.45 bits per heavy atom. The molecule has 2 rings (SSSR count). The van der Waals surface area contributed by atoms with E-state index in [1.54, 1.807) is 4.90 Å². The summed E-state index contributed by atoms with van der Waals surface area (Å²) < 4.78 is 5.56. The smallest absolute Gasteiger partial charge is 0.239 e. The summed E-state index contributed by atoms with van der Waals surface area (Å²) in [5.74, 6) is 1.50. The summed E-state index contributed by atoms with van der Waals surface area (Å²) in [6.07, 6.45) is 1.92. The second kappa shape index (κ2) is 6.75. The maximum Gasteiger partial charge on any atom is 0.239 e. The number of carbonyl (C=O) groups excluding carboxylic acids is 1. The van der Waals surface area contributed by atoms with Gasteiger partial charge in [0.15, 0.2) is 0 Å². The van der Waals surface area contributed by atoms with Crippen molar-refractivity contribution in [1.82, 2.24) is 10.2 Å². The number of nitrogens with one attached hydrogen (secondary N) is 1. The first-order chi connectivity index (χ1) is 9.61. The summed E-state index contributed by atoms with van der Waals surface area (Å²) in [5.41, 5.74) is 1.27. The fourth-order valence-electron chi connectivity index (χ4n) is 2.74. The first-order valence-corrected chi connectivity index (χ1v) is 7.29. The maximum absolute atomic E-state index is 12.1. The van der Waals surface area contributed by atoms with E-state index in [0.717, 1.165) is 25.1 Å². The third-order valence-electron chi connectivity index (χ3n) is 3.78. The van der Waals surface area contributed by atoms with Crippen molar-refractivity contribution in [3.63, 3.8) is 0 Å². The molecular weight excluding hydrogens is 252 g/mol. The molecule has 4 heteroatoms. The van der Waals surface area contributed by atoms with Crippen molar-refractivity contribution in [1.29, 1.82) is 0 Å². The van der Waals surface area contributed by atoms with Gasteiger partial charge in [-0.2, -0.15) is 0 Å². The van der Waals surface area contributed by atoms with Gasteiger partial charge in [0.1, 0.15) is 5.75 Å². The summed E-state index contributed by atoms with van der Waals surface area (Å²) >= 11 is 0. The van der Waals surface area contributed by atoms with Gasteiger partial charge in [-0.05, 0) is 49.9 Å². The van der Waals surface area contributed by atoms with Gasteiger partial charge in [-0.1, -0.05) is 12.1 Å². The Balaban J connectivity index is 2.08. The van der Waals surface area contributed by atoms with Gasteiger partial charge in [0, 0.05) is 14.1 Å². The van der Waals surface area contributed by atoms with E-state index in [2.05, 4.69) is 17.4 Å². The van der Waals surface area contributed by atoms with Gasteiger partial charge >= 0.3 is 0 Å². The summed E-state index contributed by atoms with van der Waals surface area (Å²) in [7, 11) is 3.62. The Morgan fingerprint density at radius 2 is 2.25 bits per heavy atom. The van der Waals surface area contributed by atoms with Crippen LogP contribution in [0, 0.1) is 0 Å². The van der Waals surface area contributed by atoms with Gasteiger partial charge in [0.25, 0.3) is 0 Å². The number of rotatable bonds is 4. The number of carbonyl (C=O) groups is 1. The lowest BCUT2D eigenvalue weighted by molar-refractivity contribution is -0.131. The highest BCUT2D eigenvalue weighted by atomic mass is 16.5. The Kier molecular flexibility index (Phi) is 5.01. The fourth-order valence-corrected chi connectivity index (χ4v) is 2.74. The molecule has 4 nitrogen and oxygen atoms in total. The van der Waals surface area contributed by atoms with Crippen molar-refractivity contribution in [2.24, 2.45) is 0 Å². The minimum atomic E-state index is -0.0699. The van der Waals surface area contributed by atoms with Crippen LogP contribution < -0.4 is 10.1 Å². The zero-order valence-electron chi connectivity index (χ0n) is 12.6. The summed E-state index contributed by atoms with van der Waals surface area (Å²) in [6, 6.07) is 8.19. The van der Waals surface area contributed by atoms with Crippen molar-refractivity contribution in [3.8, 4) is 5.75 Å². The van der Waals surface area contributed by atoms with E-state index in [0.29, 0.717) is 12.5 Å². The lowest BCUT2D eigenvalue weighted by Crippen LogP contribution is -2.47. The van der Waals surface area contributed by atoms with Crippen molar-refractivity contribution >= 4 is 5.91 Å². The predicted molar refractivity (Wildman–Crippen MR) is 80.1 cm³/mol. The van der Waals surface area contributed by atoms with Crippen LogP contribution in [0.2, 0.25) is 0 Å². The molecule has 1 amide bonds. The van der Waals surface area contributed by atoms with E-state index in [9.17, 15) is 4.79 Å². The summed E-state index contributed by atoms with van der Waals surface area (Å²) in [4.78, 5) is 13.7. The molecular formula is C16H24N2O2. The van der Waals surface area contributed by atoms with Crippen LogP contribution in [0.15, 0.2) is 24.3 Å². The minimum Gasteiger partial charge on any atom is -0.494 e. The number of amides is 1. The molecule has 2 unspecified atom stereocenters. The number of benzene rings is 1. The molecule has 1 N–H and O–H groups in total. The molecule has 20 heavy (non-hydrogen) atoms. The SMILES string of the molecule is CCOc1cccc(C2CCNC(C(=O)N(C)C)C2)c1. The molecule has 0 aromatic heterocycles. The summed E-state index contributed by atoms with van der Waals surface area (Å²) in [6.45, 7) is 3.55. The molecule has 1 heterocycles. The average Bonchev–Trinajstić information content (AvgIpc) is 2.47. The van der Waals surface area contributed by atoms with Crippen molar-refractivity contribution < 1.29 is 9.53 Å². The molecule has 0 aliphatic carbocycles. The van der Waals surface area contributed by atoms with Crippen molar-refractivity contribution in [3.05, 3.63) is 29.8 Å². The zero-order chi connectivity index (χ0) is 14.5. The average molecular weight is 276 g/mol. The van der Waals surface area contributed by atoms with Gasteiger partial charge in [0.2, 0.25) is 5.91 Å². The molecule has 1 aromatic carbocycles. The van der Waals surface area contributed by atoms with Crippen LogP contribution in [0.25, 0.3) is 0 Å². The number of hydrogen-bond acceptors (Lipinski definition) is 3. The third-order valence-corrected chi connectivity index (χ3v) is 3.78. The lowest BCUT2D eigenvalue weighted by Gasteiger charge is -2.31. The Bertz CT molecular complexity index is 460. The van der Waals surface area contributed by atoms with Crippen molar-refractivity contribution in [2.75, 3.05) is 27.2 Å². The molecule has 0 radical (unpaired) electrons. The second-order valence-corrected chi connectivity index (χ2v) is 5.47.